The first-order chi connectivity index (χ1) is 6.77. The molecule has 2 nitrogen and oxygen atoms in total. The molecule has 0 aliphatic carbocycles. The van der Waals surface area contributed by atoms with Crippen molar-refractivity contribution in [1.82, 2.24) is 5.32 Å². The number of halogens is 1. The molecule has 0 spiro atoms. The van der Waals surface area contributed by atoms with Crippen LogP contribution in [0.4, 0.5) is 4.39 Å². The highest BCUT2D eigenvalue weighted by Gasteiger charge is 2.17. The zero-order valence-electron chi connectivity index (χ0n) is 7.96. The Hall–Kier alpha value is -1.09. The average molecular weight is 195 g/mol. The van der Waals surface area contributed by atoms with E-state index in [1.165, 1.54) is 12.1 Å². The number of phenolic OH excluding ortho intramolecular Hbond substituents is 1. The lowest BCUT2D eigenvalue weighted by molar-refractivity contribution is 0.397. The van der Waals surface area contributed by atoms with Gasteiger partial charge in [0.15, 0.2) is 0 Å². The molecular formula is C11H14FNO. The van der Waals surface area contributed by atoms with E-state index >= 15 is 0 Å². The van der Waals surface area contributed by atoms with Crippen molar-refractivity contribution in [2.75, 3.05) is 6.54 Å². The van der Waals surface area contributed by atoms with Gasteiger partial charge >= 0.3 is 0 Å². The molecule has 76 valence electrons. The van der Waals surface area contributed by atoms with E-state index in [1.54, 1.807) is 6.07 Å². The van der Waals surface area contributed by atoms with Crippen molar-refractivity contribution in [1.29, 1.82) is 0 Å². The van der Waals surface area contributed by atoms with Gasteiger partial charge in [-0.3, -0.25) is 0 Å². The van der Waals surface area contributed by atoms with Gasteiger partial charge in [0.2, 0.25) is 0 Å². The highest BCUT2D eigenvalue weighted by molar-refractivity contribution is 5.30. The molecule has 0 amide bonds. The Morgan fingerprint density at radius 3 is 2.86 bits per heavy atom. The monoisotopic (exact) mass is 195 g/mol. The largest absolute Gasteiger partial charge is 0.508 e. The van der Waals surface area contributed by atoms with Crippen LogP contribution in [-0.4, -0.2) is 11.7 Å². The summed E-state index contributed by atoms with van der Waals surface area (Å²) in [4.78, 5) is 0. The van der Waals surface area contributed by atoms with E-state index in [-0.39, 0.29) is 17.6 Å². The van der Waals surface area contributed by atoms with Crippen LogP contribution in [0.5, 0.6) is 5.75 Å². The average Bonchev–Trinajstić information content (AvgIpc) is 2.19. The molecule has 1 aliphatic rings. The third kappa shape index (κ3) is 1.87. The maximum atomic E-state index is 13.4. The first kappa shape index (κ1) is 9.46. The number of phenols is 1. The Bertz CT molecular complexity index is 321. The topological polar surface area (TPSA) is 32.3 Å². The van der Waals surface area contributed by atoms with Gasteiger partial charge in [-0.25, -0.2) is 4.39 Å². The summed E-state index contributed by atoms with van der Waals surface area (Å²) in [6.07, 6.45) is 3.27. The first-order valence-corrected chi connectivity index (χ1v) is 4.99. The molecule has 1 fully saturated rings. The molecule has 3 heteroatoms. The van der Waals surface area contributed by atoms with Gasteiger partial charge in [0.25, 0.3) is 0 Å². The molecule has 1 heterocycles. The second kappa shape index (κ2) is 3.96. The summed E-state index contributed by atoms with van der Waals surface area (Å²) in [5.74, 6) is -0.327. The second-order valence-corrected chi connectivity index (χ2v) is 3.71. The van der Waals surface area contributed by atoms with Crippen molar-refractivity contribution in [2.45, 2.75) is 25.3 Å². The van der Waals surface area contributed by atoms with E-state index in [0.29, 0.717) is 5.56 Å². The van der Waals surface area contributed by atoms with Crippen LogP contribution in [0.2, 0.25) is 0 Å². The fourth-order valence-corrected chi connectivity index (χ4v) is 1.92. The minimum Gasteiger partial charge on any atom is -0.508 e. The molecule has 0 radical (unpaired) electrons. The third-order valence-corrected chi connectivity index (χ3v) is 2.67. The fraction of sp³-hybridized carbons (Fsp3) is 0.455. The Labute approximate surface area is 82.8 Å². The second-order valence-electron chi connectivity index (χ2n) is 3.71. The van der Waals surface area contributed by atoms with Gasteiger partial charge in [0.05, 0.1) is 0 Å². The molecule has 0 aromatic heterocycles. The molecule has 1 aromatic carbocycles. The van der Waals surface area contributed by atoms with Gasteiger partial charge in [-0.15, -0.1) is 0 Å². The molecule has 1 atom stereocenters. The van der Waals surface area contributed by atoms with Crippen LogP contribution in [0.25, 0.3) is 0 Å². The fourth-order valence-electron chi connectivity index (χ4n) is 1.92. The lowest BCUT2D eigenvalue weighted by Crippen LogP contribution is -2.27. The van der Waals surface area contributed by atoms with Gasteiger partial charge in [-0.2, -0.15) is 0 Å². The van der Waals surface area contributed by atoms with Crippen molar-refractivity contribution >= 4 is 0 Å². The van der Waals surface area contributed by atoms with Crippen LogP contribution in [0, 0.1) is 5.82 Å². The molecular weight excluding hydrogens is 181 g/mol. The zero-order chi connectivity index (χ0) is 9.97. The number of aromatic hydroxyl groups is 1. The van der Waals surface area contributed by atoms with Crippen LogP contribution in [0.15, 0.2) is 18.2 Å². The van der Waals surface area contributed by atoms with E-state index in [1.807, 2.05) is 0 Å². The number of piperidine rings is 1. The lowest BCUT2D eigenvalue weighted by Gasteiger charge is -2.24. The van der Waals surface area contributed by atoms with E-state index in [2.05, 4.69) is 5.32 Å². The minimum absolute atomic E-state index is 0.0120. The van der Waals surface area contributed by atoms with Crippen molar-refractivity contribution < 1.29 is 9.50 Å². The standard InChI is InChI=1S/C11H14FNO/c12-10-7-8(14)4-5-9(10)11-3-1-2-6-13-11/h4-5,7,11,13-14H,1-3,6H2/t11-/m0/s1. The highest BCUT2D eigenvalue weighted by atomic mass is 19.1. The number of hydrogen-bond donors (Lipinski definition) is 2. The summed E-state index contributed by atoms with van der Waals surface area (Å²) in [6.45, 7) is 0.949. The summed E-state index contributed by atoms with van der Waals surface area (Å²) >= 11 is 0. The number of benzene rings is 1. The predicted octanol–water partition coefficient (Wildman–Crippen LogP) is 2.35. The number of nitrogens with one attached hydrogen (secondary N) is 1. The van der Waals surface area contributed by atoms with E-state index < -0.39 is 0 Å². The van der Waals surface area contributed by atoms with Gasteiger partial charge in [-0.05, 0) is 25.5 Å². The van der Waals surface area contributed by atoms with Crippen molar-refractivity contribution in [3.8, 4) is 5.75 Å². The molecule has 0 saturated carbocycles. The highest BCUT2D eigenvalue weighted by Crippen LogP contribution is 2.26. The van der Waals surface area contributed by atoms with Crippen LogP contribution in [0.1, 0.15) is 30.9 Å². The Morgan fingerprint density at radius 1 is 1.36 bits per heavy atom. The smallest absolute Gasteiger partial charge is 0.131 e. The molecule has 1 aromatic rings. The molecule has 2 N–H and O–H groups in total. The maximum Gasteiger partial charge on any atom is 0.131 e. The number of rotatable bonds is 1. The summed E-state index contributed by atoms with van der Waals surface area (Å²) in [5.41, 5.74) is 0.669. The van der Waals surface area contributed by atoms with Gasteiger partial charge in [-0.1, -0.05) is 12.5 Å². The van der Waals surface area contributed by atoms with Crippen LogP contribution in [-0.2, 0) is 0 Å². The molecule has 0 unspecified atom stereocenters. The van der Waals surface area contributed by atoms with E-state index in [9.17, 15) is 4.39 Å². The SMILES string of the molecule is Oc1ccc([C@@H]2CCCCN2)c(F)c1. The molecule has 1 aliphatic heterocycles. The van der Waals surface area contributed by atoms with E-state index in [4.69, 9.17) is 5.11 Å². The molecule has 0 bridgehead atoms. The van der Waals surface area contributed by atoms with Gasteiger partial charge < -0.3 is 10.4 Å². The lowest BCUT2D eigenvalue weighted by atomic mass is 9.97. The summed E-state index contributed by atoms with van der Waals surface area (Å²) in [7, 11) is 0. The summed E-state index contributed by atoms with van der Waals surface area (Å²) < 4.78 is 13.4. The van der Waals surface area contributed by atoms with Crippen molar-refractivity contribution in [3.05, 3.63) is 29.6 Å². The Kier molecular flexibility index (Phi) is 2.68. The predicted molar refractivity (Wildman–Crippen MR) is 52.7 cm³/mol. The molecule has 2 rings (SSSR count). The first-order valence-electron chi connectivity index (χ1n) is 4.99. The van der Waals surface area contributed by atoms with Crippen LogP contribution < -0.4 is 5.32 Å². The third-order valence-electron chi connectivity index (χ3n) is 2.67. The van der Waals surface area contributed by atoms with E-state index in [0.717, 1.165) is 25.8 Å². The number of hydrogen-bond acceptors (Lipinski definition) is 2. The van der Waals surface area contributed by atoms with Crippen molar-refractivity contribution in [3.63, 3.8) is 0 Å². The van der Waals surface area contributed by atoms with Crippen LogP contribution >= 0.6 is 0 Å². The zero-order valence-corrected chi connectivity index (χ0v) is 7.96. The van der Waals surface area contributed by atoms with Gasteiger partial charge in [0.1, 0.15) is 11.6 Å². The van der Waals surface area contributed by atoms with Crippen LogP contribution in [0.3, 0.4) is 0 Å². The Morgan fingerprint density at radius 2 is 2.21 bits per heavy atom. The van der Waals surface area contributed by atoms with Crippen molar-refractivity contribution in [2.24, 2.45) is 0 Å². The maximum absolute atomic E-state index is 13.4. The quantitative estimate of drug-likeness (QED) is 0.721. The molecule has 14 heavy (non-hydrogen) atoms. The Balaban J connectivity index is 2.22. The minimum atomic E-state index is -0.315. The molecule has 1 saturated heterocycles. The summed E-state index contributed by atoms with van der Waals surface area (Å²) in [6, 6.07) is 4.48. The van der Waals surface area contributed by atoms with Gasteiger partial charge in [0, 0.05) is 17.7 Å². The normalized spacial score (nSPS) is 22.2. The summed E-state index contributed by atoms with van der Waals surface area (Å²) in [5, 5.41) is 12.3.